The number of rotatable bonds is 3. The van der Waals surface area contributed by atoms with Gasteiger partial charge in [-0.1, -0.05) is 0 Å². The second kappa shape index (κ2) is 6.30. The van der Waals surface area contributed by atoms with E-state index in [-0.39, 0.29) is 23.0 Å². The number of hydrogen-bond donors (Lipinski definition) is 1. The van der Waals surface area contributed by atoms with Gasteiger partial charge in [0.1, 0.15) is 11.4 Å². The van der Waals surface area contributed by atoms with Crippen LogP contribution in [0.5, 0.6) is 0 Å². The number of hydrogen-bond acceptors (Lipinski definition) is 5. The lowest BCUT2D eigenvalue weighted by Gasteiger charge is -2.14. The average Bonchev–Trinajstić information content (AvgIpc) is 2.89. The Morgan fingerprint density at radius 1 is 1.26 bits per heavy atom. The fourth-order valence-electron chi connectivity index (χ4n) is 2.45. The topological polar surface area (TPSA) is 93.4 Å². The van der Waals surface area contributed by atoms with Crippen LogP contribution in [0.3, 0.4) is 0 Å². The molecule has 1 N–H and O–H groups in total. The molecule has 2 heterocycles. The number of amides is 1. The first-order valence-electron chi connectivity index (χ1n) is 7.24. The molecule has 0 aliphatic carbocycles. The summed E-state index contributed by atoms with van der Waals surface area (Å²) in [6, 6.07) is 2.55. The van der Waals surface area contributed by atoms with Crippen LogP contribution in [-0.4, -0.2) is 28.9 Å². The first-order chi connectivity index (χ1) is 12.5. The minimum Gasteiger partial charge on any atom is -0.268 e. The van der Waals surface area contributed by atoms with Crippen LogP contribution < -0.4 is 4.72 Å². The SMILES string of the molecule is Cc1nn2cccnc2c1C(=O)NS(=O)(=O)c1ccc(F)cc1C(F)(F)F. The highest BCUT2D eigenvalue weighted by Crippen LogP contribution is 2.34. The van der Waals surface area contributed by atoms with Crippen molar-refractivity contribution >= 4 is 21.6 Å². The van der Waals surface area contributed by atoms with Crippen LogP contribution in [0.4, 0.5) is 17.6 Å². The first-order valence-corrected chi connectivity index (χ1v) is 8.73. The zero-order chi connectivity index (χ0) is 20.0. The summed E-state index contributed by atoms with van der Waals surface area (Å²) in [6.07, 6.45) is -2.34. The fourth-order valence-corrected chi connectivity index (χ4v) is 3.62. The Bertz CT molecular complexity index is 1160. The molecule has 0 saturated heterocycles. The smallest absolute Gasteiger partial charge is 0.268 e. The van der Waals surface area contributed by atoms with E-state index >= 15 is 0 Å². The summed E-state index contributed by atoms with van der Waals surface area (Å²) in [4.78, 5) is 15.1. The zero-order valence-electron chi connectivity index (χ0n) is 13.5. The number of sulfonamides is 1. The van der Waals surface area contributed by atoms with Crippen molar-refractivity contribution in [1.82, 2.24) is 19.3 Å². The van der Waals surface area contributed by atoms with Gasteiger partial charge in [0, 0.05) is 12.4 Å². The maximum Gasteiger partial charge on any atom is 0.417 e. The molecule has 3 aromatic rings. The quantitative estimate of drug-likeness (QED) is 0.679. The summed E-state index contributed by atoms with van der Waals surface area (Å²) >= 11 is 0. The van der Waals surface area contributed by atoms with Gasteiger partial charge in [0.25, 0.3) is 15.9 Å². The number of halogens is 4. The van der Waals surface area contributed by atoms with E-state index in [9.17, 15) is 30.8 Å². The van der Waals surface area contributed by atoms with E-state index in [4.69, 9.17) is 0 Å². The lowest BCUT2D eigenvalue weighted by molar-refractivity contribution is -0.140. The third-order valence-electron chi connectivity index (χ3n) is 3.56. The van der Waals surface area contributed by atoms with Crippen molar-refractivity contribution in [2.75, 3.05) is 0 Å². The summed E-state index contributed by atoms with van der Waals surface area (Å²) < 4.78 is 79.9. The lowest BCUT2D eigenvalue weighted by atomic mass is 10.2. The standard InChI is InChI=1S/C15H10F4N4O3S/c1-8-12(13-20-5-2-6-23(13)21-8)14(24)22-27(25,26)11-4-3-9(16)7-10(11)15(17,18)19/h2-7H,1H3,(H,22,24). The van der Waals surface area contributed by atoms with Gasteiger partial charge in [-0.15, -0.1) is 0 Å². The Labute approximate surface area is 149 Å². The van der Waals surface area contributed by atoms with Crippen molar-refractivity contribution in [3.63, 3.8) is 0 Å². The Morgan fingerprint density at radius 3 is 2.63 bits per heavy atom. The van der Waals surface area contributed by atoms with E-state index < -0.39 is 38.4 Å². The van der Waals surface area contributed by atoms with Crippen molar-refractivity contribution in [2.45, 2.75) is 18.0 Å². The molecule has 0 spiro atoms. The molecular weight excluding hydrogens is 392 g/mol. The molecular formula is C15H10F4N4O3S. The van der Waals surface area contributed by atoms with Crippen LogP contribution in [0.25, 0.3) is 5.65 Å². The molecule has 27 heavy (non-hydrogen) atoms. The zero-order valence-corrected chi connectivity index (χ0v) is 14.3. The van der Waals surface area contributed by atoms with E-state index in [1.807, 2.05) is 0 Å². The summed E-state index contributed by atoms with van der Waals surface area (Å²) in [6.45, 7) is 1.41. The minimum absolute atomic E-state index is 0.0258. The number of alkyl halides is 3. The van der Waals surface area contributed by atoms with Crippen LogP contribution in [0.2, 0.25) is 0 Å². The van der Waals surface area contributed by atoms with Crippen LogP contribution in [0.15, 0.2) is 41.6 Å². The molecule has 3 rings (SSSR count). The normalized spacial score (nSPS) is 12.3. The molecule has 12 heteroatoms. The van der Waals surface area contributed by atoms with Crippen molar-refractivity contribution in [3.8, 4) is 0 Å². The molecule has 0 radical (unpaired) electrons. The van der Waals surface area contributed by atoms with Crippen LogP contribution in [0.1, 0.15) is 21.6 Å². The van der Waals surface area contributed by atoms with E-state index in [1.165, 1.54) is 29.9 Å². The van der Waals surface area contributed by atoms with E-state index in [1.54, 1.807) is 4.72 Å². The highest BCUT2D eigenvalue weighted by atomic mass is 32.2. The van der Waals surface area contributed by atoms with Crippen molar-refractivity contribution in [3.05, 3.63) is 59.3 Å². The Morgan fingerprint density at radius 2 is 1.96 bits per heavy atom. The Balaban J connectivity index is 2.05. The van der Waals surface area contributed by atoms with Gasteiger partial charge in [-0.2, -0.15) is 18.3 Å². The summed E-state index contributed by atoms with van der Waals surface area (Å²) in [5.41, 5.74) is -1.79. The Hall–Kier alpha value is -3.02. The molecule has 0 aliphatic rings. The number of benzene rings is 1. The van der Waals surface area contributed by atoms with E-state index in [0.717, 1.165) is 0 Å². The highest BCUT2D eigenvalue weighted by Gasteiger charge is 2.38. The van der Waals surface area contributed by atoms with Gasteiger partial charge in [-0.25, -0.2) is 27.0 Å². The third-order valence-corrected chi connectivity index (χ3v) is 4.95. The molecule has 0 saturated carbocycles. The molecule has 0 aliphatic heterocycles. The minimum atomic E-state index is -5.14. The van der Waals surface area contributed by atoms with Gasteiger partial charge >= 0.3 is 6.18 Å². The van der Waals surface area contributed by atoms with Gasteiger partial charge in [-0.3, -0.25) is 4.79 Å². The van der Waals surface area contributed by atoms with Gasteiger partial charge in [0.2, 0.25) is 0 Å². The van der Waals surface area contributed by atoms with Crippen LogP contribution in [0, 0.1) is 12.7 Å². The summed E-state index contributed by atoms with van der Waals surface area (Å²) in [5, 5.41) is 3.97. The number of nitrogens with zero attached hydrogens (tertiary/aromatic N) is 3. The van der Waals surface area contributed by atoms with Crippen molar-refractivity contribution in [1.29, 1.82) is 0 Å². The predicted molar refractivity (Wildman–Crippen MR) is 83.8 cm³/mol. The number of carbonyl (C=O) groups excluding carboxylic acids is 1. The summed E-state index contributed by atoms with van der Waals surface area (Å²) in [5.74, 6) is -2.48. The third kappa shape index (κ3) is 3.47. The lowest BCUT2D eigenvalue weighted by Crippen LogP contribution is -2.32. The number of fused-ring (bicyclic) bond motifs is 1. The molecule has 0 atom stereocenters. The molecule has 2 aromatic heterocycles. The number of aryl methyl sites for hydroxylation is 1. The monoisotopic (exact) mass is 402 g/mol. The van der Waals surface area contributed by atoms with Crippen molar-refractivity contribution < 1.29 is 30.8 Å². The summed E-state index contributed by atoms with van der Waals surface area (Å²) in [7, 11) is -4.95. The van der Waals surface area contributed by atoms with Gasteiger partial charge in [-0.05, 0) is 31.2 Å². The second-order valence-electron chi connectivity index (χ2n) is 5.42. The second-order valence-corrected chi connectivity index (χ2v) is 7.07. The number of carbonyl (C=O) groups is 1. The maximum atomic E-state index is 13.2. The first kappa shape index (κ1) is 18.8. The predicted octanol–water partition coefficient (Wildman–Crippen LogP) is 2.31. The molecule has 0 bridgehead atoms. The molecule has 142 valence electrons. The molecule has 0 unspecified atom stereocenters. The molecule has 0 fully saturated rings. The van der Waals surface area contributed by atoms with Gasteiger partial charge in [0.15, 0.2) is 5.65 Å². The highest BCUT2D eigenvalue weighted by molar-refractivity contribution is 7.90. The Kier molecular flexibility index (Phi) is 4.38. The van der Waals surface area contributed by atoms with Gasteiger partial charge < -0.3 is 0 Å². The molecule has 1 amide bonds. The van der Waals surface area contributed by atoms with E-state index in [0.29, 0.717) is 12.1 Å². The number of aromatic nitrogens is 3. The van der Waals surface area contributed by atoms with Crippen molar-refractivity contribution in [2.24, 2.45) is 0 Å². The number of nitrogens with one attached hydrogen (secondary N) is 1. The average molecular weight is 402 g/mol. The van der Waals surface area contributed by atoms with Crippen LogP contribution >= 0.6 is 0 Å². The molecule has 7 nitrogen and oxygen atoms in total. The molecule has 1 aromatic carbocycles. The fraction of sp³-hybridized carbons (Fsp3) is 0.133. The largest absolute Gasteiger partial charge is 0.417 e. The van der Waals surface area contributed by atoms with Crippen LogP contribution in [-0.2, 0) is 16.2 Å². The van der Waals surface area contributed by atoms with Gasteiger partial charge in [0.05, 0.1) is 16.2 Å². The van der Waals surface area contributed by atoms with E-state index in [2.05, 4.69) is 10.1 Å². The maximum absolute atomic E-state index is 13.2.